The van der Waals surface area contributed by atoms with Gasteiger partial charge in [0.15, 0.2) is 0 Å². The van der Waals surface area contributed by atoms with Crippen molar-refractivity contribution in [1.82, 2.24) is 19.6 Å². The van der Waals surface area contributed by atoms with Gasteiger partial charge in [0.2, 0.25) is 0 Å². The lowest BCUT2D eigenvalue weighted by Gasteiger charge is -2.34. The molecule has 2 amide bonds. The average Bonchev–Trinajstić information content (AvgIpc) is 3.12. The quantitative estimate of drug-likeness (QED) is 0.571. The minimum absolute atomic E-state index is 0.0951. The molecule has 1 aromatic heterocycles. The number of hydrogen-bond acceptors (Lipinski definition) is 4. The number of rotatable bonds is 5. The van der Waals surface area contributed by atoms with Gasteiger partial charge in [-0.3, -0.25) is 9.59 Å². The fourth-order valence-corrected chi connectivity index (χ4v) is 4.19. The summed E-state index contributed by atoms with van der Waals surface area (Å²) < 4.78 is 19.9. The Bertz CT molecular complexity index is 1170. The zero-order valence-corrected chi connectivity index (χ0v) is 19.2. The van der Waals surface area contributed by atoms with E-state index >= 15 is 0 Å². The maximum Gasteiger partial charge on any atom is 0.259 e. The molecule has 9 heteroatoms. The number of carbonyl (C=O) groups is 2. The summed E-state index contributed by atoms with van der Waals surface area (Å²) in [5, 5.41) is 4.66. The molecule has 2 heterocycles. The van der Waals surface area contributed by atoms with Crippen LogP contribution < -0.4 is 4.74 Å². The molecule has 1 aliphatic heterocycles. The van der Waals surface area contributed by atoms with Crippen molar-refractivity contribution in [2.75, 3.05) is 33.3 Å². The van der Waals surface area contributed by atoms with E-state index in [1.165, 1.54) is 12.1 Å². The summed E-state index contributed by atoms with van der Waals surface area (Å²) in [4.78, 5) is 29.4. The van der Waals surface area contributed by atoms with Crippen molar-refractivity contribution in [1.29, 1.82) is 0 Å². The molecule has 7 nitrogen and oxygen atoms in total. The Morgan fingerprint density at radius 3 is 2.30 bits per heavy atom. The summed E-state index contributed by atoms with van der Waals surface area (Å²) >= 11 is 6.52. The number of hydrogen-bond donors (Lipinski definition) is 0. The molecule has 4 rings (SSSR count). The third kappa shape index (κ3) is 4.85. The monoisotopic (exact) mass is 470 g/mol. The van der Waals surface area contributed by atoms with Crippen LogP contribution >= 0.6 is 11.6 Å². The van der Waals surface area contributed by atoms with Crippen LogP contribution in [0.25, 0.3) is 0 Å². The normalized spacial score (nSPS) is 13.8. The summed E-state index contributed by atoms with van der Waals surface area (Å²) in [5.41, 5.74) is 2.26. The van der Waals surface area contributed by atoms with Crippen LogP contribution in [0.2, 0.25) is 5.15 Å². The molecule has 3 aromatic rings. The van der Waals surface area contributed by atoms with Gasteiger partial charge in [-0.1, -0.05) is 29.8 Å². The summed E-state index contributed by atoms with van der Waals surface area (Å²) in [5.74, 6) is -0.00233. The molecule has 0 bridgehead atoms. The minimum atomic E-state index is -0.318. The molecule has 0 unspecified atom stereocenters. The number of methoxy groups -OCH3 is 1. The fraction of sp³-hybridized carbons (Fsp3) is 0.292. The lowest BCUT2D eigenvalue weighted by Crippen LogP contribution is -2.50. The molecule has 0 radical (unpaired) electrons. The van der Waals surface area contributed by atoms with Crippen LogP contribution in [0.5, 0.6) is 5.75 Å². The van der Waals surface area contributed by atoms with Gasteiger partial charge in [0.05, 0.1) is 24.9 Å². The van der Waals surface area contributed by atoms with Gasteiger partial charge >= 0.3 is 0 Å². The number of halogens is 2. The zero-order chi connectivity index (χ0) is 23.5. The maximum absolute atomic E-state index is 13.2. The van der Waals surface area contributed by atoms with E-state index in [0.29, 0.717) is 55.3 Å². The number of aryl methyl sites for hydroxylation is 1. The smallest absolute Gasteiger partial charge is 0.259 e. The lowest BCUT2D eigenvalue weighted by atomic mass is 10.1. The Morgan fingerprint density at radius 2 is 1.67 bits per heavy atom. The first-order valence-corrected chi connectivity index (χ1v) is 10.9. The topological polar surface area (TPSA) is 67.7 Å². The van der Waals surface area contributed by atoms with Crippen molar-refractivity contribution in [3.05, 3.63) is 81.9 Å². The van der Waals surface area contributed by atoms with Crippen LogP contribution in [0.15, 0.2) is 48.5 Å². The van der Waals surface area contributed by atoms with Gasteiger partial charge < -0.3 is 14.5 Å². The number of piperazine rings is 1. The van der Waals surface area contributed by atoms with E-state index in [9.17, 15) is 14.0 Å². The number of amides is 2. The molecule has 33 heavy (non-hydrogen) atoms. The predicted octanol–water partition coefficient (Wildman–Crippen LogP) is 3.64. The first-order chi connectivity index (χ1) is 15.9. The van der Waals surface area contributed by atoms with Gasteiger partial charge in [-0.2, -0.15) is 5.10 Å². The molecule has 172 valence electrons. The molecule has 1 aliphatic rings. The molecular formula is C24H24ClFN4O3. The Kier molecular flexibility index (Phi) is 6.65. The molecule has 1 saturated heterocycles. The molecule has 2 aromatic carbocycles. The van der Waals surface area contributed by atoms with Gasteiger partial charge in [0.1, 0.15) is 16.7 Å². The summed E-state index contributed by atoms with van der Waals surface area (Å²) in [6.07, 6.45) is 0. The number of ether oxygens (including phenoxy) is 1. The fourth-order valence-electron chi connectivity index (χ4n) is 3.87. The molecule has 0 N–H and O–H groups in total. The Morgan fingerprint density at radius 1 is 1.03 bits per heavy atom. The lowest BCUT2D eigenvalue weighted by molar-refractivity contribution is 0.0535. The Balaban J connectivity index is 1.43. The van der Waals surface area contributed by atoms with Crippen molar-refractivity contribution in [2.45, 2.75) is 13.5 Å². The molecular weight excluding hydrogens is 447 g/mol. The van der Waals surface area contributed by atoms with Crippen molar-refractivity contribution in [3.63, 3.8) is 0 Å². The molecule has 0 atom stereocenters. The van der Waals surface area contributed by atoms with Crippen LogP contribution in [0, 0.1) is 12.7 Å². The van der Waals surface area contributed by atoms with E-state index in [4.69, 9.17) is 16.3 Å². The number of carbonyl (C=O) groups excluding carboxylic acids is 2. The average molecular weight is 471 g/mol. The van der Waals surface area contributed by atoms with Crippen molar-refractivity contribution >= 4 is 23.4 Å². The van der Waals surface area contributed by atoms with Gasteiger partial charge in [0, 0.05) is 31.7 Å². The highest BCUT2D eigenvalue weighted by Crippen LogP contribution is 2.24. The van der Waals surface area contributed by atoms with E-state index in [1.807, 2.05) is 0 Å². The summed E-state index contributed by atoms with van der Waals surface area (Å²) in [7, 11) is 1.56. The first kappa shape index (κ1) is 22.8. The van der Waals surface area contributed by atoms with Gasteiger partial charge in [-0.15, -0.1) is 0 Å². The van der Waals surface area contributed by atoms with E-state index in [1.54, 1.807) is 64.9 Å². The number of aromatic nitrogens is 2. The SMILES string of the molecule is COc1cccc(C(=O)N2CCN(C(=O)c3c(C)nn(Cc4ccc(F)cc4)c3Cl)CC2)c1. The number of nitrogens with zero attached hydrogens (tertiary/aromatic N) is 4. The molecule has 0 spiro atoms. The largest absolute Gasteiger partial charge is 0.497 e. The van der Waals surface area contributed by atoms with Crippen LogP contribution in [-0.4, -0.2) is 64.7 Å². The van der Waals surface area contributed by atoms with Crippen molar-refractivity contribution < 1.29 is 18.7 Å². The van der Waals surface area contributed by atoms with Gasteiger partial charge in [-0.25, -0.2) is 9.07 Å². The molecule has 1 fully saturated rings. The first-order valence-electron chi connectivity index (χ1n) is 10.6. The minimum Gasteiger partial charge on any atom is -0.497 e. The van der Waals surface area contributed by atoms with E-state index in [0.717, 1.165) is 5.56 Å². The third-order valence-corrected chi connectivity index (χ3v) is 6.08. The second-order valence-electron chi connectivity index (χ2n) is 7.85. The van der Waals surface area contributed by atoms with Crippen LogP contribution in [0.4, 0.5) is 4.39 Å². The van der Waals surface area contributed by atoms with Crippen LogP contribution in [0.1, 0.15) is 32.0 Å². The summed E-state index contributed by atoms with van der Waals surface area (Å²) in [6, 6.07) is 13.1. The van der Waals surface area contributed by atoms with E-state index in [-0.39, 0.29) is 22.8 Å². The van der Waals surface area contributed by atoms with E-state index < -0.39 is 0 Å². The second-order valence-corrected chi connectivity index (χ2v) is 8.21. The summed E-state index contributed by atoms with van der Waals surface area (Å²) in [6.45, 7) is 3.70. The molecule has 0 aliphatic carbocycles. The zero-order valence-electron chi connectivity index (χ0n) is 18.4. The second kappa shape index (κ2) is 9.62. The standard InChI is InChI=1S/C24H24ClFN4O3/c1-16-21(22(25)30(27-16)15-17-6-8-19(26)9-7-17)24(32)29-12-10-28(11-13-29)23(31)18-4-3-5-20(14-18)33-2/h3-9,14H,10-13,15H2,1-2H3. The highest BCUT2D eigenvalue weighted by atomic mass is 35.5. The van der Waals surface area contributed by atoms with E-state index in [2.05, 4.69) is 5.10 Å². The van der Waals surface area contributed by atoms with Crippen LogP contribution in [0.3, 0.4) is 0 Å². The Labute approximate surface area is 196 Å². The van der Waals surface area contributed by atoms with Crippen LogP contribution in [-0.2, 0) is 6.54 Å². The van der Waals surface area contributed by atoms with Gasteiger partial charge in [0.25, 0.3) is 11.8 Å². The van der Waals surface area contributed by atoms with Crippen molar-refractivity contribution in [2.24, 2.45) is 0 Å². The van der Waals surface area contributed by atoms with Gasteiger partial charge in [-0.05, 0) is 42.8 Å². The number of benzene rings is 2. The maximum atomic E-state index is 13.2. The molecule has 0 saturated carbocycles. The predicted molar refractivity (Wildman–Crippen MR) is 122 cm³/mol. The van der Waals surface area contributed by atoms with Crippen molar-refractivity contribution in [3.8, 4) is 5.75 Å². The third-order valence-electron chi connectivity index (χ3n) is 5.70. The highest BCUT2D eigenvalue weighted by molar-refractivity contribution is 6.33. The Hall–Kier alpha value is -3.39. The highest BCUT2D eigenvalue weighted by Gasteiger charge is 2.29.